The Labute approximate surface area is 125 Å². The molecule has 0 aliphatic heterocycles. The minimum atomic E-state index is -2.95. The first-order valence-electron chi connectivity index (χ1n) is 6.81. The van der Waals surface area contributed by atoms with E-state index in [0.29, 0.717) is 13.2 Å². The van der Waals surface area contributed by atoms with Crippen LogP contribution in [0.4, 0.5) is 5.82 Å². The molecule has 1 aromatic heterocycles. The third-order valence-electron chi connectivity index (χ3n) is 3.05. The Kier molecular flexibility index (Phi) is 5.14. The lowest BCUT2D eigenvalue weighted by Crippen LogP contribution is -2.15. The molecule has 0 saturated carbocycles. The number of hydrogen-bond donors (Lipinski definition) is 1. The maximum atomic E-state index is 10.9. The Morgan fingerprint density at radius 1 is 1.24 bits per heavy atom. The van der Waals surface area contributed by atoms with Gasteiger partial charge in [0.25, 0.3) is 0 Å². The molecule has 2 rings (SSSR count). The second kappa shape index (κ2) is 6.87. The first-order valence-corrected chi connectivity index (χ1v) is 8.87. The van der Waals surface area contributed by atoms with E-state index in [2.05, 4.69) is 16.4 Å². The molecular formula is C15H20N2O3S. The third-order valence-corrected chi connectivity index (χ3v) is 3.96. The van der Waals surface area contributed by atoms with Crippen LogP contribution in [-0.2, 0) is 14.6 Å². The summed E-state index contributed by atoms with van der Waals surface area (Å²) < 4.78 is 27.2. The lowest BCUT2D eigenvalue weighted by molar-refractivity contribution is 0.159. The van der Waals surface area contributed by atoms with Gasteiger partial charge in [-0.2, -0.15) is 0 Å². The van der Waals surface area contributed by atoms with E-state index in [-0.39, 0.29) is 12.4 Å². The van der Waals surface area contributed by atoms with Crippen LogP contribution in [0.25, 0.3) is 10.9 Å². The molecule has 1 N–H and O–H groups in total. The second-order valence-corrected chi connectivity index (χ2v) is 7.28. The molecule has 0 aliphatic rings. The van der Waals surface area contributed by atoms with Crippen LogP contribution in [0.3, 0.4) is 0 Å². The third kappa shape index (κ3) is 4.99. The highest BCUT2D eigenvalue weighted by Gasteiger charge is 2.03. The zero-order chi connectivity index (χ0) is 15.3. The minimum absolute atomic E-state index is 0.0558. The van der Waals surface area contributed by atoms with Gasteiger partial charge in [-0.25, -0.2) is 13.4 Å². The van der Waals surface area contributed by atoms with E-state index in [1.165, 1.54) is 6.26 Å². The second-order valence-electron chi connectivity index (χ2n) is 5.02. The van der Waals surface area contributed by atoms with Crippen LogP contribution in [0, 0.1) is 6.92 Å². The van der Waals surface area contributed by atoms with E-state index in [0.717, 1.165) is 22.3 Å². The van der Waals surface area contributed by atoms with Gasteiger partial charge in [-0.05, 0) is 24.6 Å². The maximum Gasteiger partial charge on any atom is 0.149 e. The smallest absolute Gasteiger partial charge is 0.149 e. The van der Waals surface area contributed by atoms with Crippen molar-refractivity contribution in [2.75, 3.05) is 37.1 Å². The van der Waals surface area contributed by atoms with E-state index in [4.69, 9.17) is 4.74 Å². The van der Waals surface area contributed by atoms with Gasteiger partial charge >= 0.3 is 0 Å². The molecule has 0 bridgehead atoms. The Hall–Kier alpha value is -1.66. The molecular weight excluding hydrogens is 288 g/mol. The summed E-state index contributed by atoms with van der Waals surface area (Å²) >= 11 is 0. The lowest BCUT2D eigenvalue weighted by Gasteiger charge is -2.10. The molecule has 0 spiro atoms. The van der Waals surface area contributed by atoms with Gasteiger partial charge in [0, 0.05) is 18.2 Å². The zero-order valence-corrected chi connectivity index (χ0v) is 13.1. The average molecular weight is 308 g/mol. The summed E-state index contributed by atoms with van der Waals surface area (Å²) in [5.41, 5.74) is 2.02. The average Bonchev–Trinajstić information content (AvgIpc) is 2.41. The first kappa shape index (κ1) is 15.7. The number of nitrogens with one attached hydrogen (secondary N) is 1. The number of anilines is 1. The van der Waals surface area contributed by atoms with Gasteiger partial charge in [-0.1, -0.05) is 18.2 Å². The topological polar surface area (TPSA) is 68.3 Å². The molecule has 5 nitrogen and oxygen atoms in total. The van der Waals surface area contributed by atoms with Crippen LogP contribution in [0.5, 0.6) is 0 Å². The van der Waals surface area contributed by atoms with Gasteiger partial charge in [-0.3, -0.25) is 0 Å². The van der Waals surface area contributed by atoms with Crippen molar-refractivity contribution in [1.82, 2.24) is 4.98 Å². The van der Waals surface area contributed by atoms with Crippen LogP contribution >= 0.6 is 0 Å². The van der Waals surface area contributed by atoms with Crippen molar-refractivity contribution < 1.29 is 13.2 Å². The summed E-state index contributed by atoms with van der Waals surface area (Å²) in [5.74, 6) is 0.890. The minimum Gasteiger partial charge on any atom is -0.379 e. The van der Waals surface area contributed by atoms with Gasteiger partial charge in [0.1, 0.15) is 15.7 Å². The summed E-state index contributed by atoms with van der Waals surface area (Å²) in [7, 11) is -2.95. The molecule has 114 valence electrons. The largest absolute Gasteiger partial charge is 0.379 e. The fourth-order valence-electron chi connectivity index (χ4n) is 1.95. The van der Waals surface area contributed by atoms with Gasteiger partial charge in [0.15, 0.2) is 0 Å². The van der Waals surface area contributed by atoms with E-state index in [1.54, 1.807) is 0 Å². The van der Waals surface area contributed by atoms with Gasteiger partial charge in [-0.15, -0.1) is 0 Å². The molecule has 0 radical (unpaired) electrons. The van der Waals surface area contributed by atoms with Crippen LogP contribution in [0.1, 0.15) is 5.56 Å². The van der Waals surface area contributed by atoms with Crippen molar-refractivity contribution in [3.63, 3.8) is 0 Å². The number of aromatic nitrogens is 1. The van der Waals surface area contributed by atoms with Crippen LogP contribution in [0.15, 0.2) is 30.3 Å². The lowest BCUT2D eigenvalue weighted by atomic mass is 10.1. The summed E-state index contributed by atoms with van der Waals surface area (Å²) in [6, 6.07) is 10.1. The van der Waals surface area contributed by atoms with Crippen LogP contribution in [0.2, 0.25) is 0 Å². The first-order chi connectivity index (χ1) is 9.96. The number of fused-ring (bicyclic) bond motifs is 1. The van der Waals surface area contributed by atoms with Crippen molar-refractivity contribution >= 4 is 26.6 Å². The molecule has 0 aliphatic carbocycles. The molecule has 0 amide bonds. The standard InChI is InChI=1S/C15H20N2O3S/c1-12-11-13-5-3-4-6-14(13)17-15(12)16-7-8-20-9-10-21(2,18)19/h3-6,11H,7-10H2,1-2H3,(H,16,17). The SMILES string of the molecule is Cc1cc2ccccc2nc1NCCOCCS(C)(=O)=O. The molecule has 1 aromatic carbocycles. The Morgan fingerprint density at radius 3 is 2.76 bits per heavy atom. The van der Waals surface area contributed by atoms with Crippen LogP contribution < -0.4 is 5.32 Å². The molecule has 0 atom stereocenters. The van der Waals surface area contributed by atoms with Gasteiger partial charge < -0.3 is 10.1 Å². The summed E-state index contributed by atoms with van der Waals surface area (Å²) in [5, 5.41) is 4.33. The number of hydrogen-bond acceptors (Lipinski definition) is 5. The maximum absolute atomic E-state index is 10.9. The normalized spacial score (nSPS) is 11.7. The number of benzene rings is 1. The van der Waals surface area contributed by atoms with Gasteiger partial charge in [0.05, 0.1) is 24.5 Å². The summed E-state index contributed by atoms with van der Waals surface area (Å²) in [4.78, 5) is 4.57. The summed E-state index contributed by atoms with van der Waals surface area (Å²) in [6.45, 7) is 3.27. The highest BCUT2D eigenvalue weighted by molar-refractivity contribution is 7.90. The Morgan fingerprint density at radius 2 is 2.00 bits per heavy atom. The molecule has 2 aromatic rings. The predicted octanol–water partition coefficient (Wildman–Crippen LogP) is 2.02. The summed E-state index contributed by atoms with van der Waals surface area (Å²) in [6.07, 6.45) is 1.21. The van der Waals surface area contributed by atoms with Gasteiger partial charge in [0.2, 0.25) is 0 Å². The number of rotatable bonds is 7. The van der Waals surface area contributed by atoms with Crippen molar-refractivity contribution in [2.45, 2.75) is 6.92 Å². The fourth-order valence-corrected chi connectivity index (χ4v) is 2.38. The molecule has 0 unspecified atom stereocenters. The molecule has 0 fully saturated rings. The number of pyridine rings is 1. The van der Waals surface area contributed by atoms with Crippen molar-refractivity contribution in [1.29, 1.82) is 0 Å². The molecule has 1 heterocycles. The highest BCUT2D eigenvalue weighted by atomic mass is 32.2. The number of para-hydroxylation sites is 1. The van der Waals surface area contributed by atoms with Crippen molar-refractivity contribution in [3.8, 4) is 0 Å². The van der Waals surface area contributed by atoms with Crippen LogP contribution in [-0.4, -0.2) is 45.2 Å². The Bertz CT molecular complexity index is 714. The number of nitrogens with zero attached hydrogens (tertiary/aromatic N) is 1. The molecule has 0 saturated heterocycles. The quantitative estimate of drug-likeness (QED) is 0.793. The molecule has 6 heteroatoms. The fraction of sp³-hybridized carbons (Fsp3) is 0.400. The predicted molar refractivity (Wildman–Crippen MR) is 85.5 cm³/mol. The van der Waals surface area contributed by atoms with E-state index < -0.39 is 9.84 Å². The zero-order valence-electron chi connectivity index (χ0n) is 12.3. The van der Waals surface area contributed by atoms with E-state index in [1.807, 2.05) is 31.2 Å². The monoisotopic (exact) mass is 308 g/mol. The highest BCUT2D eigenvalue weighted by Crippen LogP contribution is 2.19. The van der Waals surface area contributed by atoms with Crippen molar-refractivity contribution in [2.24, 2.45) is 0 Å². The Balaban J connectivity index is 1.85. The molecule has 21 heavy (non-hydrogen) atoms. The number of ether oxygens (including phenoxy) is 1. The van der Waals surface area contributed by atoms with E-state index >= 15 is 0 Å². The number of sulfone groups is 1. The number of aryl methyl sites for hydroxylation is 1. The van der Waals surface area contributed by atoms with Crippen molar-refractivity contribution in [3.05, 3.63) is 35.9 Å². The van der Waals surface area contributed by atoms with E-state index in [9.17, 15) is 8.42 Å².